The summed E-state index contributed by atoms with van der Waals surface area (Å²) in [5.74, 6) is 1.71. The summed E-state index contributed by atoms with van der Waals surface area (Å²) in [5, 5.41) is 3.32. The second-order valence-corrected chi connectivity index (χ2v) is 5.66. The van der Waals surface area contributed by atoms with Gasteiger partial charge in [0.25, 0.3) is 0 Å². The number of ether oxygens (including phenoxy) is 1. The Hall–Kier alpha value is -1.16. The van der Waals surface area contributed by atoms with Gasteiger partial charge in [0, 0.05) is 18.3 Å². The summed E-state index contributed by atoms with van der Waals surface area (Å²) < 4.78 is 6.01. The molecule has 0 saturated heterocycles. The van der Waals surface area contributed by atoms with Crippen molar-refractivity contribution in [3.05, 3.63) is 17.6 Å². The molecule has 1 heterocycles. The molecule has 1 saturated carbocycles. The monoisotopic (exact) mass is 277 g/mol. The second kappa shape index (κ2) is 8.20. The van der Waals surface area contributed by atoms with E-state index in [1.165, 1.54) is 38.5 Å². The van der Waals surface area contributed by atoms with Gasteiger partial charge in [0.05, 0.1) is 6.10 Å². The first-order valence-corrected chi connectivity index (χ1v) is 7.98. The number of hydrogen-bond donors (Lipinski definition) is 1. The Morgan fingerprint density at radius 2 is 1.95 bits per heavy atom. The first-order chi connectivity index (χ1) is 9.78. The van der Waals surface area contributed by atoms with Crippen LogP contribution in [0.15, 0.2) is 6.07 Å². The number of aryl methyl sites for hydroxylation is 1. The predicted molar refractivity (Wildman–Crippen MR) is 81.8 cm³/mol. The lowest BCUT2D eigenvalue weighted by atomic mass is 10.1. The van der Waals surface area contributed by atoms with Crippen molar-refractivity contribution in [1.29, 1.82) is 0 Å². The Balaban J connectivity index is 1.89. The van der Waals surface area contributed by atoms with Gasteiger partial charge >= 0.3 is 0 Å². The van der Waals surface area contributed by atoms with Gasteiger partial charge in [-0.2, -0.15) is 0 Å². The molecule has 0 bridgehead atoms. The van der Waals surface area contributed by atoms with Crippen molar-refractivity contribution in [2.24, 2.45) is 0 Å². The van der Waals surface area contributed by atoms with E-state index in [-0.39, 0.29) is 0 Å². The molecule has 1 aliphatic carbocycles. The number of anilines is 1. The number of aromatic nitrogens is 2. The lowest BCUT2D eigenvalue weighted by Gasteiger charge is -2.15. The highest BCUT2D eigenvalue weighted by Crippen LogP contribution is 2.20. The Labute approximate surface area is 122 Å². The van der Waals surface area contributed by atoms with E-state index in [0.717, 1.165) is 30.3 Å². The van der Waals surface area contributed by atoms with Crippen LogP contribution in [0.4, 0.5) is 5.82 Å². The average molecular weight is 277 g/mol. The van der Waals surface area contributed by atoms with Crippen LogP contribution >= 0.6 is 0 Å². The summed E-state index contributed by atoms with van der Waals surface area (Å²) in [7, 11) is 0. The molecule has 0 aromatic carbocycles. The fraction of sp³-hybridized carbons (Fsp3) is 0.750. The molecule has 0 spiro atoms. The number of rotatable bonds is 6. The maximum Gasteiger partial charge on any atom is 0.156 e. The minimum Gasteiger partial charge on any atom is -0.370 e. The summed E-state index contributed by atoms with van der Waals surface area (Å²) in [6.07, 6.45) is 9.16. The van der Waals surface area contributed by atoms with Gasteiger partial charge < -0.3 is 10.1 Å². The van der Waals surface area contributed by atoms with Crippen molar-refractivity contribution in [1.82, 2.24) is 9.97 Å². The van der Waals surface area contributed by atoms with Crippen molar-refractivity contribution >= 4 is 5.82 Å². The Morgan fingerprint density at radius 1 is 1.20 bits per heavy atom. The molecule has 1 aromatic rings. The van der Waals surface area contributed by atoms with Gasteiger partial charge in [-0.05, 0) is 26.2 Å². The molecule has 4 nitrogen and oxygen atoms in total. The first kappa shape index (κ1) is 15.2. The summed E-state index contributed by atoms with van der Waals surface area (Å²) in [6, 6.07) is 1.99. The molecule has 0 unspecified atom stereocenters. The average Bonchev–Trinajstić information content (AvgIpc) is 2.71. The van der Waals surface area contributed by atoms with Gasteiger partial charge in [-0.1, -0.05) is 32.6 Å². The number of hydrogen-bond acceptors (Lipinski definition) is 4. The van der Waals surface area contributed by atoms with E-state index in [9.17, 15) is 0 Å². The molecule has 0 radical (unpaired) electrons. The van der Waals surface area contributed by atoms with Crippen molar-refractivity contribution < 1.29 is 4.74 Å². The zero-order valence-electron chi connectivity index (χ0n) is 12.8. The molecule has 0 atom stereocenters. The SMILES string of the molecule is CCCNc1cc(C)nc(COC2CCCCCC2)n1. The second-order valence-electron chi connectivity index (χ2n) is 5.66. The Morgan fingerprint density at radius 3 is 2.65 bits per heavy atom. The number of nitrogens with zero attached hydrogens (tertiary/aromatic N) is 2. The minimum atomic E-state index is 0.397. The molecular weight excluding hydrogens is 250 g/mol. The fourth-order valence-corrected chi connectivity index (χ4v) is 2.64. The van der Waals surface area contributed by atoms with Crippen LogP contribution in [0.25, 0.3) is 0 Å². The van der Waals surface area contributed by atoms with Gasteiger partial charge in [0.15, 0.2) is 5.82 Å². The molecule has 2 rings (SSSR count). The quantitative estimate of drug-likeness (QED) is 0.802. The summed E-state index contributed by atoms with van der Waals surface area (Å²) in [6.45, 7) is 5.64. The van der Waals surface area contributed by atoms with Crippen LogP contribution in [0.5, 0.6) is 0 Å². The molecule has 4 heteroatoms. The molecule has 1 fully saturated rings. The van der Waals surface area contributed by atoms with Crippen molar-refractivity contribution in [3.63, 3.8) is 0 Å². The summed E-state index contributed by atoms with van der Waals surface area (Å²) in [5.41, 5.74) is 0.998. The minimum absolute atomic E-state index is 0.397. The molecule has 0 amide bonds. The van der Waals surface area contributed by atoms with Crippen LogP contribution in [-0.4, -0.2) is 22.6 Å². The third kappa shape index (κ3) is 5.08. The Kier molecular flexibility index (Phi) is 6.25. The van der Waals surface area contributed by atoms with E-state index in [4.69, 9.17) is 4.74 Å². The fourth-order valence-electron chi connectivity index (χ4n) is 2.64. The summed E-state index contributed by atoms with van der Waals surface area (Å²) >= 11 is 0. The smallest absolute Gasteiger partial charge is 0.156 e. The lowest BCUT2D eigenvalue weighted by Crippen LogP contribution is -2.14. The van der Waals surface area contributed by atoms with Crippen LogP contribution < -0.4 is 5.32 Å². The van der Waals surface area contributed by atoms with Gasteiger partial charge in [0.2, 0.25) is 0 Å². The van der Waals surface area contributed by atoms with Crippen molar-refractivity contribution in [3.8, 4) is 0 Å². The lowest BCUT2D eigenvalue weighted by molar-refractivity contribution is 0.0273. The van der Waals surface area contributed by atoms with Crippen LogP contribution in [0.2, 0.25) is 0 Å². The highest BCUT2D eigenvalue weighted by Gasteiger charge is 2.13. The van der Waals surface area contributed by atoms with E-state index >= 15 is 0 Å². The van der Waals surface area contributed by atoms with E-state index in [1.54, 1.807) is 0 Å². The van der Waals surface area contributed by atoms with Crippen molar-refractivity contribution in [2.45, 2.75) is 71.5 Å². The topological polar surface area (TPSA) is 47.0 Å². The zero-order chi connectivity index (χ0) is 14.2. The largest absolute Gasteiger partial charge is 0.370 e. The van der Waals surface area contributed by atoms with E-state index in [1.807, 2.05) is 13.0 Å². The van der Waals surface area contributed by atoms with Gasteiger partial charge in [-0.3, -0.25) is 0 Å². The van der Waals surface area contributed by atoms with Gasteiger partial charge in [-0.15, -0.1) is 0 Å². The van der Waals surface area contributed by atoms with Crippen LogP contribution in [-0.2, 0) is 11.3 Å². The standard InChI is InChI=1S/C16H27N3O/c1-3-10-17-15-11-13(2)18-16(19-15)12-20-14-8-6-4-5-7-9-14/h11,14H,3-10,12H2,1-2H3,(H,17,18,19). The normalized spacial score (nSPS) is 16.9. The molecule has 1 N–H and O–H groups in total. The molecule has 1 aliphatic rings. The zero-order valence-corrected chi connectivity index (χ0v) is 12.8. The maximum absolute atomic E-state index is 6.01. The van der Waals surface area contributed by atoms with Crippen LogP contribution in [0.3, 0.4) is 0 Å². The van der Waals surface area contributed by atoms with Gasteiger partial charge in [-0.25, -0.2) is 9.97 Å². The first-order valence-electron chi connectivity index (χ1n) is 7.98. The van der Waals surface area contributed by atoms with Crippen LogP contribution in [0.1, 0.15) is 63.4 Å². The van der Waals surface area contributed by atoms with Crippen LogP contribution in [0, 0.1) is 6.92 Å². The molecular formula is C16H27N3O. The van der Waals surface area contributed by atoms with Gasteiger partial charge in [0.1, 0.15) is 12.4 Å². The summed E-state index contributed by atoms with van der Waals surface area (Å²) in [4.78, 5) is 9.01. The highest BCUT2D eigenvalue weighted by molar-refractivity contribution is 5.35. The highest BCUT2D eigenvalue weighted by atomic mass is 16.5. The predicted octanol–water partition coefficient (Wildman–Crippen LogP) is 3.85. The van der Waals surface area contributed by atoms with E-state index < -0.39 is 0 Å². The maximum atomic E-state index is 6.01. The molecule has 0 aliphatic heterocycles. The van der Waals surface area contributed by atoms with E-state index in [2.05, 4.69) is 22.2 Å². The van der Waals surface area contributed by atoms with E-state index in [0.29, 0.717) is 12.7 Å². The Bertz CT molecular complexity index is 401. The molecule has 20 heavy (non-hydrogen) atoms. The number of nitrogens with one attached hydrogen (secondary N) is 1. The third-order valence-electron chi connectivity index (χ3n) is 3.71. The molecule has 112 valence electrons. The third-order valence-corrected chi connectivity index (χ3v) is 3.71. The van der Waals surface area contributed by atoms with Crippen molar-refractivity contribution in [2.75, 3.05) is 11.9 Å². The molecule has 1 aromatic heterocycles.